The van der Waals surface area contributed by atoms with Crippen molar-refractivity contribution in [3.63, 3.8) is 0 Å². The Labute approximate surface area is 177 Å². The molecule has 1 aromatic heterocycles. The van der Waals surface area contributed by atoms with Crippen LogP contribution in [-0.2, 0) is 4.74 Å². The summed E-state index contributed by atoms with van der Waals surface area (Å²) in [6.07, 6.45) is 0. The fourth-order valence-corrected chi connectivity index (χ4v) is 4.21. The van der Waals surface area contributed by atoms with Crippen molar-refractivity contribution in [3.05, 3.63) is 82.6 Å². The maximum atomic E-state index is 12.6. The Morgan fingerprint density at radius 1 is 0.900 bits per heavy atom. The minimum Gasteiger partial charge on any atom is -0.494 e. The Bertz CT molecular complexity index is 1230. The summed E-state index contributed by atoms with van der Waals surface area (Å²) in [6, 6.07) is 21.0. The van der Waals surface area contributed by atoms with Gasteiger partial charge < -0.3 is 14.8 Å². The average Bonchev–Trinajstić information content (AvgIpc) is 3.22. The Kier molecular flexibility index (Phi) is 5.50. The number of hydrogen-bond donors (Lipinski definition) is 1. The molecule has 0 radical (unpaired) electrons. The summed E-state index contributed by atoms with van der Waals surface area (Å²) in [5.41, 5.74) is 2.96. The molecule has 0 bridgehead atoms. The van der Waals surface area contributed by atoms with Gasteiger partial charge in [0.2, 0.25) is 0 Å². The highest BCUT2D eigenvalue weighted by molar-refractivity contribution is 7.12. The number of hydrogen-bond acceptors (Lipinski definition) is 5. The van der Waals surface area contributed by atoms with Crippen molar-refractivity contribution in [1.82, 2.24) is 0 Å². The normalized spacial score (nSPS) is 10.6. The molecule has 1 amide bonds. The zero-order chi connectivity index (χ0) is 21.1. The van der Waals surface area contributed by atoms with Crippen LogP contribution in [0.15, 0.2) is 72.1 Å². The number of carbonyl (C=O) groups excluding carboxylic acids is 2. The fraction of sp³-hybridized carbons (Fsp3) is 0.0833. The number of amides is 1. The van der Waals surface area contributed by atoms with Gasteiger partial charge in [-0.05, 0) is 40.6 Å². The molecule has 0 fully saturated rings. The van der Waals surface area contributed by atoms with E-state index in [-0.39, 0.29) is 5.91 Å². The summed E-state index contributed by atoms with van der Waals surface area (Å²) < 4.78 is 10.2. The predicted molar refractivity (Wildman–Crippen MR) is 120 cm³/mol. The first kappa shape index (κ1) is 19.7. The topological polar surface area (TPSA) is 64.6 Å². The van der Waals surface area contributed by atoms with Gasteiger partial charge >= 0.3 is 5.97 Å². The molecule has 6 heteroatoms. The lowest BCUT2D eigenvalue weighted by Crippen LogP contribution is -2.11. The predicted octanol–water partition coefficient (Wildman–Crippen LogP) is 5.62. The van der Waals surface area contributed by atoms with E-state index < -0.39 is 5.97 Å². The largest absolute Gasteiger partial charge is 0.494 e. The van der Waals surface area contributed by atoms with Gasteiger partial charge in [-0.15, -0.1) is 11.3 Å². The summed E-state index contributed by atoms with van der Waals surface area (Å²) in [7, 11) is 2.87. The molecular weight excluding hydrogens is 398 g/mol. The lowest BCUT2D eigenvalue weighted by atomic mass is 10.1. The lowest BCUT2D eigenvalue weighted by molar-refractivity contribution is 0.0603. The van der Waals surface area contributed by atoms with Gasteiger partial charge in [-0.1, -0.05) is 42.5 Å². The number of thiophene rings is 1. The van der Waals surface area contributed by atoms with Crippen LogP contribution in [0.25, 0.3) is 21.9 Å². The highest BCUT2D eigenvalue weighted by atomic mass is 32.1. The van der Waals surface area contributed by atoms with Gasteiger partial charge in [0.1, 0.15) is 0 Å². The molecule has 0 spiro atoms. The van der Waals surface area contributed by atoms with Crippen LogP contribution in [0.1, 0.15) is 20.0 Å². The number of anilines is 1. The van der Waals surface area contributed by atoms with E-state index in [1.165, 1.54) is 25.6 Å². The molecule has 150 valence electrons. The van der Waals surface area contributed by atoms with Crippen LogP contribution in [0.2, 0.25) is 0 Å². The van der Waals surface area contributed by atoms with E-state index in [1.54, 1.807) is 0 Å². The van der Waals surface area contributed by atoms with Crippen LogP contribution >= 0.6 is 11.3 Å². The Morgan fingerprint density at radius 3 is 2.33 bits per heavy atom. The maximum absolute atomic E-state index is 12.6. The van der Waals surface area contributed by atoms with E-state index in [2.05, 4.69) is 5.32 Å². The van der Waals surface area contributed by atoms with Crippen molar-refractivity contribution in [2.75, 3.05) is 19.5 Å². The zero-order valence-corrected chi connectivity index (χ0v) is 17.3. The first-order chi connectivity index (χ1) is 14.6. The van der Waals surface area contributed by atoms with Crippen molar-refractivity contribution >= 4 is 39.7 Å². The van der Waals surface area contributed by atoms with Crippen LogP contribution in [0.4, 0.5) is 5.69 Å². The second-order valence-corrected chi connectivity index (χ2v) is 7.48. The molecule has 0 saturated heterocycles. The summed E-state index contributed by atoms with van der Waals surface area (Å²) >= 11 is 1.27. The third-order valence-corrected chi connectivity index (χ3v) is 5.73. The van der Waals surface area contributed by atoms with Crippen molar-refractivity contribution in [2.24, 2.45) is 0 Å². The molecule has 3 aromatic carbocycles. The standard InChI is InChI=1S/C24H19NO4S/c1-28-21-20(14-30-22(21)24(27)29-2)16-9-11-19(12-10-16)25-23(26)18-8-7-15-5-3-4-6-17(15)13-18/h3-14H,1-2H3,(H,25,26). The van der Waals surface area contributed by atoms with E-state index in [0.29, 0.717) is 21.9 Å². The Morgan fingerprint density at radius 2 is 1.63 bits per heavy atom. The third-order valence-electron chi connectivity index (χ3n) is 4.79. The smallest absolute Gasteiger partial charge is 0.351 e. The molecular formula is C24H19NO4S. The molecule has 0 saturated carbocycles. The molecule has 0 aliphatic rings. The van der Waals surface area contributed by atoms with Gasteiger partial charge in [0, 0.05) is 22.2 Å². The fourth-order valence-electron chi connectivity index (χ4n) is 3.25. The number of benzene rings is 3. The molecule has 1 heterocycles. The maximum Gasteiger partial charge on any atom is 0.351 e. The molecule has 0 atom stereocenters. The van der Waals surface area contributed by atoms with Crippen molar-refractivity contribution in [2.45, 2.75) is 0 Å². The number of nitrogens with one attached hydrogen (secondary N) is 1. The van der Waals surface area contributed by atoms with Gasteiger partial charge in [0.05, 0.1) is 14.2 Å². The number of methoxy groups -OCH3 is 2. The van der Waals surface area contributed by atoms with Crippen LogP contribution < -0.4 is 10.1 Å². The van der Waals surface area contributed by atoms with E-state index in [1.807, 2.05) is 72.1 Å². The second kappa shape index (κ2) is 8.39. The molecule has 4 rings (SSSR count). The van der Waals surface area contributed by atoms with Crippen LogP contribution in [-0.4, -0.2) is 26.1 Å². The van der Waals surface area contributed by atoms with E-state index >= 15 is 0 Å². The highest BCUT2D eigenvalue weighted by Crippen LogP contribution is 2.39. The molecule has 0 aliphatic heterocycles. The first-order valence-corrected chi connectivity index (χ1v) is 10.1. The minimum absolute atomic E-state index is 0.172. The number of ether oxygens (including phenoxy) is 2. The van der Waals surface area contributed by atoms with Crippen LogP contribution in [0.5, 0.6) is 5.75 Å². The Balaban J connectivity index is 1.54. The first-order valence-electron chi connectivity index (χ1n) is 9.25. The number of carbonyl (C=O) groups is 2. The van der Waals surface area contributed by atoms with E-state index in [9.17, 15) is 9.59 Å². The minimum atomic E-state index is -0.428. The molecule has 1 N–H and O–H groups in total. The van der Waals surface area contributed by atoms with Crippen LogP contribution in [0.3, 0.4) is 0 Å². The summed E-state index contributed by atoms with van der Waals surface area (Å²) in [5, 5.41) is 6.89. The molecule has 0 unspecified atom stereocenters. The van der Waals surface area contributed by atoms with Gasteiger partial charge in [-0.3, -0.25) is 4.79 Å². The quantitative estimate of drug-likeness (QED) is 0.428. The summed E-state index contributed by atoms with van der Waals surface area (Å²) in [5.74, 6) is -0.114. The SMILES string of the molecule is COC(=O)c1scc(-c2ccc(NC(=O)c3ccc4ccccc4c3)cc2)c1OC. The average molecular weight is 417 g/mol. The lowest BCUT2D eigenvalue weighted by Gasteiger charge is -2.09. The number of fused-ring (bicyclic) bond motifs is 1. The van der Waals surface area contributed by atoms with E-state index in [0.717, 1.165) is 21.9 Å². The number of esters is 1. The van der Waals surface area contributed by atoms with Crippen LogP contribution in [0, 0.1) is 0 Å². The van der Waals surface area contributed by atoms with E-state index in [4.69, 9.17) is 9.47 Å². The van der Waals surface area contributed by atoms with Gasteiger partial charge in [-0.25, -0.2) is 4.79 Å². The summed E-state index contributed by atoms with van der Waals surface area (Å²) in [4.78, 5) is 25.0. The molecule has 5 nitrogen and oxygen atoms in total. The van der Waals surface area contributed by atoms with Crippen molar-refractivity contribution < 1.29 is 19.1 Å². The zero-order valence-electron chi connectivity index (χ0n) is 16.5. The monoisotopic (exact) mass is 417 g/mol. The molecule has 4 aromatic rings. The van der Waals surface area contributed by atoms with Gasteiger partial charge in [0.25, 0.3) is 5.91 Å². The molecule has 30 heavy (non-hydrogen) atoms. The third kappa shape index (κ3) is 3.77. The van der Waals surface area contributed by atoms with Gasteiger partial charge in [0.15, 0.2) is 10.6 Å². The van der Waals surface area contributed by atoms with Crippen molar-refractivity contribution in [1.29, 1.82) is 0 Å². The Hall–Kier alpha value is -3.64. The summed E-state index contributed by atoms with van der Waals surface area (Å²) in [6.45, 7) is 0. The second-order valence-electron chi connectivity index (χ2n) is 6.60. The van der Waals surface area contributed by atoms with Gasteiger partial charge in [-0.2, -0.15) is 0 Å². The highest BCUT2D eigenvalue weighted by Gasteiger charge is 2.20. The number of rotatable bonds is 5. The molecule has 0 aliphatic carbocycles. The van der Waals surface area contributed by atoms with Crippen molar-refractivity contribution in [3.8, 4) is 16.9 Å².